The van der Waals surface area contributed by atoms with Crippen LogP contribution in [0.4, 0.5) is 5.69 Å². The summed E-state index contributed by atoms with van der Waals surface area (Å²) in [6.45, 7) is 5.69. The smallest absolute Gasteiger partial charge is 0.263 e. The zero-order valence-electron chi connectivity index (χ0n) is 20.1. The second-order valence-electron chi connectivity index (χ2n) is 8.45. The number of thiophene rings is 1. The van der Waals surface area contributed by atoms with Gasteiger partial charge >= 0.3 is 0 Å². The van der Waals surface area contributed by atoms with Crippen molar-refractivity contribution in [1.82, 2.24) is 10.6 Å². The van der Waals surface area contributed by atoms with Gasteiger partial charge in [-0.25, -0.2) is 0 Å². The van der Waals surface area contributed by atoms with E-state index in [1.807, 2.05) is 26.8 Å². The molecule has 0 unspecified atom stereocenters. The number of halogens is 1. The third kappa shape index (κ3) is 5.95. The number of carbonyl (C=O) groups is 2. The fourth-order valence-corrected chi connectivity index (χ4v) is 4.95. The molecule has 0 aliphatic heterocycles. The highest BCUT2D eigenvalue weighted by Gasteiger charge is 2.23. The lowest BCUT2D eigenvalue weighted by Crippen LogP contribution is -2.40. The molecule has 186 valence electrons. The maximum Gasteiger partial charge on any atom is 0.263 e. The van der Waals surface area contributed by atoms with E-state index in [4.69, 9.17) is 38.0 Å². The van der Waals surface area contributed by atoms with E-state index in [9.17, 15) is 9.59 Å². The number of carbonyl (C=O) groups excluding carboxylic acids is 2. The first kappa shape index (κ1) is 26.5. The Morgan fingerprint density at radius 1 is 1.00 bits per heavy atom. The van der Waals surface area contributed by atoms with Crippen LogP contribution in [-0.4, -0.2) is 43.8 Å². The van der Waals surface area contributed by atoms with Crippen LogP contribution in [0.2, 0.25) is 5.02 Å². The number of fused-ring (bicyclic) bond motifs is 1. The molecule has 0 bridgehead atoms. The van der Waals surface area contributed by atoms with E-state index in [0.717, 1.165) is 4.70 Å². The summed E-state index contributed by atoms with van der Waals surface area (Å²) < 4.78 is 16.6. The Kier molecular flexibility index (Phi) is 8.09. The fourth-order valence-electron chi connectivity index (χ4n) is 3.27. The summed E-state index contributed by atoms with van der Waals surface area (Å²) in [4.78, 5) is 26.0. The molecule has 2 amide bonds. The maximum absolute atomic E-state index is 12.9. The Bertz CT molecular complexity index is 1280. The first-order valence-electron chi connectivity index (χ1n) is 10.4. The molecule has 0 saturated carbocycles. The number of hydrogen-bond donors (Lipinski definition) is 3. The summed E-state index contributed by atoms with van der Waals surface area (Å²) in [7, 11) is 4.41. The number of benzene rings is 2. The van der Waals surface area contributed by atoms with E-state index in [1.54, 1.807) is 12.1 Å². The zero-order chi connectivity index (χ0) is 25.9. The lowest BCUT2D eigenvalue weighted by atomic mass is 10.1. The van der Waals surface area contributed by atoms with Crippen molar-refractivity contribution in [2.45, 2.75) is 26.3 Å². The number of nitrogens with one attached hydrogen (secondary N) is 3. The summed E-state index contributed by atoms with van der Waals surface area (Å²) in [5.41, 5.74) is 0.470. The van der Waals surface area contributed by atoms with Gasteiger partial charge in [-0.3, -0.25) is 14.9 Å². The van der Waals surface area contributed by atoms with Crippen molar-refractivity contribution in [3.63, 3.8) is 0 Å². The molecule has 35 heavy (non-hydrogen) atoms. The predicted octanol–water partition coefficient (Wildman–Crippen LogP) is 5.24. The minimum atomic E-state index is -0.469. The maximum atomic E-state index is 12.9. The molecule has 0 spiro atoms. The average Bonchev–Trinajstić information content (AvgIpc) is 3.14. The third-order valence-electron chi connectivity index (χ3n) is 4.75. The van der Waals surface area contributed by atoms with Gasteiger partial charge in [0, 0.05) is 16.5 Å². The van der Waals surface area contributed by atoms with Gasteiger partial charge in [0.25, 0.3) is 11.8 Å². The normalized spacial score (nSPS) is 11.1. The van der Waals surface area contributed by atoms with E-state index in [0.29, 0.717) is 38.2 Å². The highest BCUT2D eigenvalue weighted by molar-refractivity contribution is 7.80. The third-order valence-corrected chi connectivity index (χ3v) is 6.70. The Labute approximate surface area is 217 Å². The Balaban J connectivity index is 1.84. The van der Waals surface area contributed by atoms with Crippen LogP contribution in [0.15, 0.2) is 30.3 Å². The van der Waals surface area contributed by atoms with Crippen molar-refractivity contribution in [2.24, 2.45) is 0 Å². The van der Waals surface area contributed by atoms with Crippen LogP contribution < -0.4 is 30.2 Å². The first-order valence-corrected chi connectivity index (χ1v) is 12.0. The number of hydrogen-bond acceptors (Lipinski definition) is 7. The zero-order valence-corrected chi connectivity index (χ0v) is 22.5. The molecule has 0 atom stereocenters. The number of rotatable bonds is 6. The lowest BCUT2D eigenvalue weighted by molar-refractivity contribution is 0.0922. The summed E-state index contributed by atoms with van der Waals surface area (Å²) in [6.07, 6.45) is 0. The molecule has 0 radical (unpaired) electrons. The van der Waals surface area contributed by atoms with Crippen LogP contribution >= 0.6 is 35.2 Å². The van der Waals surface area contributed by atoms with Crippen molar-refractivity contribution in [3.05, 3.63) is 45.8 Å². The summed E-state index contributed by atoms with van der Waals surface area (Å²) >= 11 is 13.1. The number of anilines is 1. The van der Waals surface area contributed by atoms with Gasteiger partial charge in [0.05, 0.1) is 36.7 Å². The van der Waals surface area contributed by atoms with Gasteiger partial charge in [-0.2, -0.15) is 0 Å². The molecule has 0 saturated heterocycles. The standard InChI is InChI=1S/C24H26ClN3O5S2/c1-24(2,3)28-22(30)20-17(25)13-8-7-9-14(19(13)35-20)26-23(34)27-21(29)12-10-15(31-4)18(33-6)16(11-12)32-5/h7-11H,1-6H3,(H,28,30)(H2,26,27,29,34). The Morgan fingerprint density at radius 3 is 2.17 bits per heavy atom. The number of ether oxygens (including phenoxy) is 3. The minimum absolute atomic E-state index is 0.0708. The van der Waals surface area contributed by atoms with Crippen LogP contribution in [0.1, 0.15) is 40.8 Å². The van der Waals surface area contributed by atoms with Gasteiger partial charge in [-0.05, 0) is 51.2 Å². The molecule has 1 aromatic heterocycles. The van der Waals surface area contributed by atoms with Crippen LogP contribution in [0.25, 0.3) is 10.1 Å². The molecule has 11 heteroatoms. The van der Waals surface area contributed by atoms with Crippen molar-refractivity contribution >= 4 is 67.9 Å². The highest BCUT2D eigenvalue weighted by Crippen LogP contribution is 2.40. The summed E-state index contributed by atoms with van der Waals surface area (Å²) in [6, 6.07) is 8.46. The van der Waals surface area contributed by atoms with Gasteiger partial charge < -0.3 is 24.8 Å². The van der Waals surface area contributed by atoms with Crippen LogP contribution in [0.3, 0.4) is 0 Å². The second-order valence-corrected chi connectivity index (χ2v) is 10.3. The molecule has 2 aromatic carbocycles. The number of amides is 2. The van der Waals surface area contributed by atoms with Gasteiger partial charge in [0.1, 0.15) is 4.88 Å². The molecule has 3 N–H and O–H groups in total. The van der Waals surface area contributed by atoms with E-state index in [2.05, 4.69) is 16.0 Å². The second kappa shape index (κ2) is 10.7. The molecule has 0 aliphatic rings. The van der Waals surface area contributed by atoms with Gasteiger partial charge in [0.15, 0.2) is 16.6 Å². The van der Waals surface area contributed by atoms with E-state index >= 15 is 0 Å². The topological polar surface area (TPSA) is 97.9 Å². The van der Waals surface area contributed by atoms with Crippen molar-refractivity contribution in [3.8, 4) is 17.2 Å². The molecule has 0 fully saturated rings. The Hall–Kier alpha value is -3.08. The van der Waals surface area contributed by atoms with Crippen LogP contribution in [0, 0.1) is 0 Å². The predicted molar refractivity (Wildman–Crippen MR) is 144 cm³/mol. The van der Waals surface area contributed by atoms with Crippen LogP contribution in [0.5, 0.6) is 17.2 Å². The van der Waals surface area contributed by atoms with E-state index in [-0.39, 0.29) is 16.6 Å². The van der Waals surface area contributed by atoms with Crippen molar-refractivity contribution < 1.29 is 23.8 Å². The first-order chi connectivity index (χ1) is 16.5. The van der Waals surface area contributed by atoms with Gasteiger partial charge in [0.2, 0.25) is 5.75 Å². The average molecular weight is 536 g/mol. The SMILES string of the molecule is COc1cc(C(=O)NC(=S)Nc2cccc3c(Cl)c(C(=O)NC(C)(C)C)sc23)cc(OC)c1OC. The fraction of sp³-hybridized carbons (Fsp3) is 0.292. The van der Waals surface area contributed by atoms with E-state index < -0.39 is 11.4 Å². The summed E-state index contributed by atoms with van der Waals surface area (Å²) in [5, 5.41) is 9.74. The molecule has 1 heterocycles. The minimum Gasteiger partial charge on any atom is -0.493 e. The number of thiocarbonyl (C=S) groups is 1. The molecular weight excluding hydrogens is 510 g/mol. The Morgan fingerprint density at radius 2 is 1.63 bits per heavy atom. The van der Waals surface area contributed by atoms with E-state index in [1.165, 1.54) is 44.8 Å². The van der Waals surface area contributed by atoms with Crippen molar-refractivity contribution in [1.29, 1.82) is 0 Å². The summed E-state index contributed by atoms with van der Waals surface area (Å²) in [5.74, 6) is 0.334. The largest absolute Gasteiger partial charge is 0.493 e. The lowest BCUT2D eigenvalue weighted by Gasteiger charge is -2.19. The molecule has 8 nitrogen and oxygen atoms in total. The molecule has 3 aromatic rings. The highest BCUT2D eigenvalue weighted by atomic mass is 35.5. The van der Waals surface area contributed by atoms with Gasteiger partial charge in [-0.15, -0.1) is 11.3 Å². The quantitative estimate of drug-likeness (QED) is 0.371. The van der Waals surface area contributed by atoms with Gasteiger partial charge in [-0.1, -0.05) is 23.7 Å². The number of methoxy groups -OCH3 is 3. The monoisotopic (exact) mass is 535 g/mol. The van der Waals surface area contributed by atoms with Crippen LogP contribution in [-0.2, 0) is 0 Å². The van der Waals surface area contributed by atoms with Crippen molar-refractivity contribution in [2.75, 3.05) is 26.6 Å². The molecular formula is C24H26ClN3O5S2. The molecule has 0 aliphatic carbocycles. The molecule has 3 rings (SSSR count).